The Morgan fingerprint density at radius 1 is 1.15 bits per heavy atom. The van der Waals surface area contributed by atoms with Crippen LogP contribution in [0.1, 0.15) is 46.5 Å². The van der Waals surface area contributed by atoms with Gasteiger partial charge in [-0.1, -0.05) is 13.8 Å². The number of primary amides is 1. The molecule has 2 heterocycles. The molecule has 6 atom stereocenters. The van der Waals surface area contributed by atoms with Crippen LogP contribution in [0.5, 0.6) is 0 Å². The van der Waals surface area contributed by atoms with E-state index >= 15 is 0 Å². The maximum atomic E-state index is 13.0. The number of hydrogen-bond acceptors (Lipinski definition) is 11. The van der Waals surface area contributed by atoms with Crippen LogP contribution in [-0.4, -0.2) is 128 Å². The van der Waals surface area contributed by atoms with Crippen molar-refractivity contribution in [3.8, 4) is 0 Å². The van der Waals surface area contributed by atoms with Crippen LogP contribution in [0.4, 0.5) is 0 Å². The molecule has 0 aromatic carbocycles. The Morgan fingerprint density at radius 2 is 1.80 bits per heavy atom. The molecule has 40 heavy (non-hydrogen) atoms. The zero-order valence-corrected chi connectivity index (χ0v) is 22.9. The van der Waals surface area contributed by atoms with Crippen LogP contribution in [0.25, 0.3) is 0 Å². The summed E-state index contributed by atoms with van der Waals surface area (Å²) in [4.78, 5) is 76.7. The second-order valence-electron chi connectivity index (χ2n) is 10.5. The van der Waals surface area contributed by atoms with E-state index < -0.39 is 91.1 Å². The van der Waals surface area contributed by atoms with Crippen LogP contribution >= 0.6 is 0 Å². The fraction of sp³-hybridized carbons (Fsp3) is 0.750. The number of carbonyl (C=O) groups excluding carboxylic acids is 6. The number of rotatable bonds is 16. The first-order chi connectivity index (χ1) is 18.8. The molecule has 0 aliphatic carbocycles. The number of Topliss-reactive ketones (excluding diaryl/α,β-unsaturated/α-hetero) is 2. The molecule has 0 spiro atoms. The monoisotopic (exact) mass is 570 g/mol. The highest BCUT2D eigenvalue weighted by Gasteiger charge is 2.53. The average Bonchev–Trinajstić information content (AvgIpc) is 3.38. The van der Waals surface area contributed by atoms with E-state index in [1.807, 2.05) is 13.8 Å². The predicted octanol–water partition coefficient (Wildman–Crippen LogP) is -3.68. The third-order valence-electron chi connectivity index (χ3n) is 6.91. The summed E-state index contributed by atoms with van der Waals surface area (Å²) in [6.45, 7) is 4.02. The summed E-state index contributed by atoms with van der Waals surface area (Å²) in [5, 5.41) is 33.0. The highest BCUT2D eigenvalue weighted by Crippen LogP contribution is 2.29. The zero-order valence-electron chi connectivity index (χ0n) is 22.9. The summed E-state index contributed by atoms with van der Waals surface area (Å²) in [5.41, 5.74) is 14.9. The molecule has 2 aliphatic rings. The Kier molecular flexibility index (Phi) is 12.1. The van der Waals surface area contributed by atoms with Crippen molar-refractivity contribution in [2.75, 3.05) is 26.2 Å². The van der Waals surface area contributed by atoms with E-state index in [1.165, 1.54) is 6.92 Å². The van der Waals surface area contributed by atoms with Crippen molar-refractivity contribution in [2.45, 2.75) is 82.8 Å². The van der Waals surface area contributed by atoms with Gasteiger partial charge in [-0.15, -0.1) is 0 Å². The number of hydrazine groups is 1. The minimum atomic E-state index is -1.61. The molecule has 2 aliphatic heterocycles. The standard InChI is InChI=1S/C24H40N7O9/c1-12(2)7-14(30-23(38)17(8-19(25)35)31(30)24(39)20(26)13(3)33)9-27-10-18(34)21(36)16-5-4-6-29(16)22(37)15(11-32)28-40/h12-17,20,26-28,32-33,40H,4-11H2,1-3H3,(H2,25,35)/t13-,14-,15-,16-,17-,20-/m0/s1. The highest BCUT2D eigenvalue weighted by atomic mass is 16.5. The molecular formula is C24H40N7O9. The topological polar surface area (TPSA) is 247 Å². The minimum absolute atomic E-state index is 0.0188. The maximum absolute atomic E-state index is 13.0. The second-order valence-corrected chi connectivity index (χ2v) is 10.5. The summed E-state index contributed by atoms with van der Waals surface area (Å²) >= 11 is 0. The van der Waals surface area contributed by atoms with Crippen molar-refractivity contribution in [2.24, 2.45) is 11.7 Å². The molecule has 4 amide bonds. The smallest absolute Gasteiger partial charge is 0.266 e. The van der Waals surface area contributed by atoms with Crippen LogP contribution in [0.2, 0.25) is 0 Å². The van der Waals surface area contributed by atoms with Crippen molar-refractivity contribution >= 4 is 35.2 Å². The number of hydroxylamine groups is 1. The lowest BCUT2D eigenvalue weighted by Gasteiger charge is -2.53. The maximum Gasteiger partial charge on any atom is 0.266 e. The number of nitrogens with zero attached hydrogens (tertiary/aromatic N) is 3. The van der Waals surface area contributed by atoms with Gasteiger partial charge in [-0.25, -0.2) is 15.8 Å². The highest BCUT2D eigenvalue weighted by molar-refractivity contribution is 6.40. The summed E-state index contributed by atoms with van der Waals surface area (Å²) < 4.78 is 0. The Hall–Kier alpha value is -3.02. The van der Waals surface area contributed by atoms with E-state index in [4.69, 9.17) is 16.7 Å². The van der Waals surface area contributed by atoms with Crippen molar-refractivity contribution in [3.05, 3.63) is 0 Å². The van der Waals surface area contributed by atoms with Gasteiger partial charge in [0.25, 0.3) is 11.8 Å². The molecule has 2 saturated heterocycles. The third-order valence-corrected chi connectivity index (χ3v) is 6.91. The van der Waals surface area contributed by atoms with Gasteiger partial charge in [0, 0.05) is 13.1 Å². The molecule has 2 fully saturated rings. The first-order valence-corrected chi connectivity index (χ1v) is 13.2. The number of nitrogens with one attached hydrogen (secondary N) is 3. The van der Waals surface area contributed by atoms with Gasteiger partial charge in [0.1, 0.15) is 18.1 Å². The van der Waals surface area contributed by atoms with Gasteiger partial charge in [0.15, 0.2) is 0 Å². The van der Waals surface area contributed by atoms with Crippen LogP contribution in [0.3, 0.4) is 0 Å². The lowest BCUT2D eigenvalue weighted by Crippen LogP contribution is -2.76. The normalized spacial score (nSPS) is 22.1. The number of ketones is 2. The molecule has 8 N–H and O–H groups in total. The van der Waals surface area contributed by atoms with E-state index in [-0.39, 0.29) is 25.4 Å². The number of hydrogen-bond donors (Lipinski definition) is 6. The van der Waals surface area contributed by atoms with Gasteiger partial charge in [0.05, 0.1) is 37.8 Å². The van der Waals surface area contributed by atoms with Crippen LogP contribution < -0.4 is 22.3 Å². The lowest BCUT2D eigenvalue weighted by atomic mass is 9.97. The molecule has 1 radical (unpaired) electrons. The summed E-state index contributed by atoms with van der Waals surface area (Å²) in [6.07, 6.45) is -0.740. The quantitative estimate of drug-likeness (QED) is 0.0779. The molecule has 2 rings (SSSR count). The van der Waals surface area contributed by atoms with Crippen LogP contribution in [0.15, 0.2) is 0 Å². The molecule has 16 heteroatoms. The number of aliphatic hydroxyl groups is 2. The molecule has 0 saturated carbocycles. The molecule has 0 aromatic rings. The van der Waals surface area contributed by atoms with Gasteiger partial charge in [-0.2, -0.15) is 5.48 Å². The second kappa shape index (κ2) is 14.6. The first kappa shape index (κ1) is 33.2. The van der Waals surface area contributed by atoms with E-state index in [0.29, 0.717) is 12.8 Å². The van der Waals surface area contributed by atoms with Crippen molar-refractivity contribution in [1.29, 1.82) is 0 Å². The Bertz CT molecular complexity index is 972. The van der Waals surface area contributed by atoms with E-state index in [9.17, 15) is 39.0 Å². The minimum Gasteiger partial charge on any atom is -0.394 e. The Balaban J connectivity index is 2.12. The number of likely N-dealkylation sites (tertiary alicyclic amines) is 1. The van der Waals surface area contributed by atoms with Crippen molar-refractivity contribution in [1.82, 2.24) is 31.4 Å². The third kappa shape index (κ3) is 7.58. The molecular weight excluding hydrogens is 530 g/mol. The van der Waals surface area contributed by atoms with Gasteiger partial charge in [0.2, 0.25) is 23.4 Å². The number of amides is 4. The van der Waals surface area contributed by atoms with Crippen molar-refractivity contribution in [3.63, 3.8) is 0 Å². The molecule has 0 unspecified atom stereocenters. The Labute approximate surface area is 231 Å². The van der Waals surface area contributed by atoms with E-state index in [0.717, 1.165) is 14.9 Å². The summed E-state index contributed by atoms with van der Waals surface area (Å²) in [7, 11) is 0. The summed E-state index contributed by atoms with van der Waals surface area (Å²) in [6, 6.07) is -5.88. The number of aliphatic hydroxyl groups excluding tert-OH is 2. The van der Waals surface area contributed by atoms with Gasteiger partial charge in [-0.3, -0.25) is 28.8 Å². The lowest BCUT2D eigenvalue weighted by molar-refractivity contribution is -0.212. The van der Waals surface area contributed by atoms with E-state index in [2.05, 4.69) is 5.32 Å². The fourth-order valence-corrected chi connectivity index (χ4v) is 4.90. The SMILES string of the molecule is CC(C)C[C@@H](CNCC(=O)C(=O)[C@@H]1CCCN1C(=O)[C@H](CO)NO)N1C(=O)[C@H](CC(N)=O)N1C(=O)[C@@H]([NH])[C@H](C)O. The fourth-order valence-electron chi connectivity index (χ4n) is 4.90. The van der Waals surface area contributed by atoms with Crippen LogP contribution in [0, 0.1) is 5.92 Å². The number of nitrogens with two attached hydrogens (primary N) is 1. The molecule has 225 valence electrons. The van der Waals surface area contributed by atoms with Gasteiger partial charge >= 0.3 is 0 Å². The molecule has 0 bridgehead atoms. The molecule has 16 nitrogen and oxygen atoms in total. The van der Waals surface area contributed by atoms with E-state index in [1.54, 1.807) is 5.48 Å². The largest absolute Gasteiger partial charge is 0.394 e. The van der Waals surface area contributed by atoms with Gasteiger partial charge in [-0.05, 0) is 32.1 Å². The summed E-state index contributed by atoms with van der Waals surface area (Å²) in [5.74, 6) is -4.61. The van der Waals surface area contributed by atoms with Crippen molar-refractivity contribution < 1.29 is 44.2 Å². The predicted molar refractivity (Wildman–Crippen MR) is 137 cm³/mol. The number of carbonyl (C=O) groups is 6. The average molecular weight is 571 g/mol. The van der Waals surface area contributed by atoms with Gasteiger partial charge < -0.3 is 31.4 Å². The molecule has 0 aromatic heterocycles. The van der Waals surface area contributed by atoms with Crippen LogP contribution in [-0.2, 0) is 28.8 Å². The Morgan fingerprint density at radius 3 is 2.33 bits per heavy atom. The first-order valence-electron chi connectivity index (χ1n) is 13.2. The zero-order chi connectivity index (χ0) is 30.3.